The highest BCUT2D eigenvalue weighted by atomic mass is 16.5. The third-order valence-corrected chi connectivity index (χ3v) is 4.72. The van der Waals surface area contributed by atoms with Gasteiger partial charge in [0, 0.05) is 50.5 Å². The van der Waals surface area contributed by atoms with Crippen LogP contribution in [-0.2, 0) is 16.1 Å². The fourth-order valence-corrected chi connectivity index (χ4v) is 3.42. The number of rotatable bonds is 6. The number of carbonyl (C=O) groups excluding carboxylic acids is 1. The number of nitrogens with one attached hydrogen (secondary N) is 2. The molecular formula is C18H25N3O3. The van der Waals surface area contributed by atoms with Gasteiger partial charge < -0.3 is 20.1 Å². The first-order valence-electron chi connectivity index (χ1n) is 8.37. The number of ether oxygens (including phenoxy) is 1. The first kappa shape index (κ1) is 17.0. The van der Waals surface area contributed by atoms with Gasteiger partial charge in [-0.15, -0.1) is 0 Å². The van der Waals surface area contributed by atoms with E-state index in [1.165, 1.54) is 18.1 Å². The molecule has 0 bridgehead atoms. The van der Waals surface area contributed by atoms with Crippen molar-refractivity contribution in [1.82, 2.24) is 15.2 Å². The van der Waals surface area contributed by atoms with Crippen LogP contribution in [0.1, 0.15) is 12.0 Å². The fraction of sp³-hybridized carbons (Fsp3) is 0.500. The Morgan fingerprint density at radius 1 is 1.46 bits per heavy atom. The van der Waals surface area contributed by atoms with Crippen molar-refractivity contribution < 1.29 is 14.6 Å². The molecule has 24 heavy (non-hydrogen) atoms. The number of aromatic nitrogens is 1. The van der Waals surface area contributed by atoms with Crippen LogP contribution in [0, 0.1) is 5.92 Å². The lowest BCUT2D eigenvalue weighted by Crippen LogP contribution is -2.53. The van der Waals surface area contributed by atoms with Crippen LogP contribution < -0.4 is 5.32 Å². The third-order valence-electron chi connectivity index (χ3n) is 4.72. The number of H-pyrrole nitrogens is 1. The maximum atomic E-state index is 11.8. The van der Waals surface area contributed by atoms with Crippen molar-refractivity contribution in [2.75, 3.05) is 33.4 Å². The number of methoxy groups -OCH3 is 1. The van der Waals surface area contributed by atoms with Crippen molar-refractivity contribution in [2.45, 2.75) is 19.0 Å². The van der Waals surface area contributed by atoms with Crippen molar-refractivity contribution in [1.29, 1.82) is 0 Å². The minimum atomic E-state index is -0.129. The highest BCUT2D eigenvalue weighted by Gasteiger charge is 2.29. The fourth-order valence-electron chi connectivity index (χ4n) is 3.42. The van der Waals surface area contributed by atoms with Gasteiger partial charge in [-0.2, -0.15) is 0 Å². The van der Waals surface area contributed by atoms with Gasteiger partial charge in [0.15, 0.2) is 0 Å². The highest BCUT2D eigenvalue weighted by Crippen LogP contribution is 2.21. The van der Waals surface area contributed by atoms with Crippen LogP contribution in [0.4, 0.5) is 0 Å². The number of amides is 1. The van der Waals surface area contributed by atoms with Gasteiger partial charge >= 0.3 is 0 Å². The maximum Gasteiger partial charge on any atom is 0.246 e. The summed E-state index contributed by atoms with van der Waals surface area (Å²) in [5, 5.41) is 13.8. The highest BCUT2D eigenvalue weighted by molar-refractivity contribution is 5.79. The minimum Gasteiger partial charge on any atom is -0.396 e. The van der Waals surface area contributed by atoms with E-state index in [1.807, 2.05) is 6.20 Å². The Labute approximate surface area is 141 Å². The Morgan fingerprint density at radius 2 is 2.33 bits per heavy atom. The number of nitrogens with zero attached hydrogens (tertiary/aromatic N) is 1. The molecule has 3 rings (SSSR count). The van der Waals surface area contributed by atoms with Gasteiger partial charge in [-0.1, -0.05) is 12.1 Å². The molecule has 0 unspecified atom stereocenters. The number of aliphatic hydroxyl groups excluding tert-OH is 1. The van der Waals surface area contributed by atoms with Gasteiger partial charge in [-0.05, 0) is 36.0 Å². The summed E-state index contributed by atoms with van der Waals surface area (Å²) in [6.07, 6.45) is 2.82. The van der Waals surface area contributed by atoms with E-state index in [0.717, 1.165) is 31.6 Å². The van der Waals surface area contributed by atoms with E-state index in [0.29, 0.717) is 0 Å². The molecule has 0 radical (unpaired) electrons. The average Bonchev–Trinajstić information content (AvgIpc) is 3.03. The number of aromatic amines is 1. The lowest BCUT2D eigenvalue weighted by molar-refractivity contribution is -0.126. The van der Waals surface area contributed by atoms with E-state index in [4.69, 9.17) is 4.74 Å². The first-order valence-corrected chi connectivity index (χ1v) is 8.37. The van der Waals surface area contributed by atoms with Crippen molar-refractivity contribution in [3.63, 3.8) is 0 Å². The number of piperidine rings is 1. The molecule has 1 aliphatic rings. The molecule has 1 aromatic carbocycles. The largest absolute Gasteiger partial charge is 0.396 e. The zero-order chi connectivity index (χ0) is 16.9. The Morgan fingerprint density at radius 3 is 3.12 bits per heavy atom. The summed E-state index contributed by atoms with van der Waals surface area (Å²) in [5.41, 5.74) is 2.39. The van der Waals surface area contributed by atoms with E-state index in [9.17, 15) is 9.90 Å². The van der Waals surface area contributed by atoms with E-state index < -0.39 is 0 Å². The number of carbonyl (C=O) groups is 1. The Bertz CT molecular complexity index is 685. The summed E-state index contributed by atoms with van der Waals surface area (Å²) in [4.78, 5) is 17.4. The van der Waals surface area contributed by atoms with Gasteiger partial charge in [0.05, 0.1) is 0 Å². The molecule has 2 heterocycles. The van der Waals surface area contributed by atoms with E-state index >= 15 is 0 Å². The topological polar surface area (TPSA) is 77.6 Å². The molecule has 1 fully saturated rings. The number of aliphatic hydroxyl groups is 1. The summed E-state index contributed by atoms with van der Waals surface area (Å²) in [6, 6.07) is 8.46. The summed E-state index contributed by atoms with van der Waals surface area (Å²) in [5.74, 6) is -0.0245. The molecule has 0 saturated carbocycles. The molecule has 0 aliphatic carbocycles. The molecular weight excluding hydrogens is 306 g/mol. The molecule has 1 aromatic heterocycles. The molecule has 0 spiro atoms. The number of hydrogen-bond acceptors (Lipinski definition) is 4. The molecule has 1 amide bonds. The van der Waals surface area contributed by atoms with Crippen LogP contribution in [0.5, 0.6) is 0 Å². The molecule has 2 aromatic rings. The summed E-state index contributed by atoms with van der Waals surface area (Å²) >= 11 is 0. The lowest BCUT2D eigenvalue weighted by atomic mass is 9.92. The Kier molecular flexibility index (Phi) is 5.50. The summed E-state index contributed by atoms with van der Waals surface area (Å²) < 4.78 is 4.88. The van der Waals surface area contributed by atoms with Gasteiger partial charge in [-0.3, -0.25) is 9.69 Å². The van der Waals surface area contributed by atoms with Crippen molar-refractivity contribution in [3.05, 3.63) is 36.0 Å². The number of benzene rings is 1. The van der Waals surface area contributed by atoms with Crippen molar-refractivity contribution in [3.8, 4) is 0 Å². The molecule has 6 heteroatoms. The number of hydrogen-bond donors (Lipinski definition) is 3. The SMILES string of the molecule is COCC(=O)N[C@@H]1CN(Cc2ccc3cc[nH]c3c2)CC[C@@H]1CO. The van der Waals surface area contributed by atoms with Gasteiger partial charge in [-0.25, -0.2) is 0 Å². The molecule has 1 aliphatic heterocycles. The van der Waals surface area contributed by atoms with Gasteiger partial charge in [0.2, 0.25) is 5.91 Å². The molecule has 1 saturated heterocycles. The Balaban J connectivity index is 1.64. The average molecular weight is 331 g/mol. The van der Waals surface area contributed by atoms with Crippen LogP contribution >= 0.6 is 0 Å². The van der Waals surface area contributed by atoms with Crippen LogP contribution in [0.2, 0.25) is 0 Å². The predicted molar refractivity (Wildman–Crippen MR) is 92.6 cm³/mol. The van der Waals surface area contributed by atoms with Crippen LogP contribution in [0.3, 0.4) is 0 Å². The van der Waals surface area contributed by atoms with Crippen LogP contribution in [0.15, 0.2) is 30.5 Å². The van der Waals surface area contributed by atoms with Crippen molar-refractivity contribution in [2.24, 2.45) is 5.92 Å². The zero-order valence-corrected chi connectivity index (χ0v) is 14.0. The van der Waals surface area contributed by atoms with E-state index in [2.05, 4.69) is 39.5 Å². The molecule has 130 valence electrons. The minimum absolute atomic E-state index is 0.0411. The number of fused-ring (bicyclic) bond motifs is 1. The van der Waals surface area contributed by atoms with Crippen LogP contribution in [-0.4, -0.2) is 60.4 Å². The van der Waals surface area contributed by atoms with Gasteiger partial charge in [0.1, 0.15) is 6.61 Å². The van der Waals surface area contributed by atoms with Gasteiger partial charge in [0.25, 0.3) is 0 Å². The Hall–Kier alpha value is -1.89. The summed E-state index contributed by atoms with van der Waals surface area (Å²) in [6.45, 7) is 2.65. The van der Waals surface area contributed by atoms with Crippen molar-refractivity contribution >= 4 is 16.8 Å². The maximum absolute atomic E-state index is 11.8. The number of likely N-dealkylation sites (tertiary alicyclic amines) is 1. The molecule has 3 N–H and O–H groups in total. The third kappa shape index (κ3) is 3.95. The smallest absolute Gasteiger partial charge is 0.246 e. The second kappa shape index (κ2) is 7.79. The predicted octanol–water partition coefficient (Wildman–Crippen LogP) is 1.11. The normalized spacial score (nSPS) is 21.9. The summed E-state index contributed by atoms with van der Waals surface area (Å²) in [7, 11) is 1.51. The second-order valence-corrected chi connectivity index (χ2v) is 6.47. The standard InChI is InChI=1S/C18H25N3O3/c1-24-12-18(23)20-17-10-21(7-5-15(17)11-22)9-13-2-3-14-4-6-19-16(14)8-13/h2-4,6,8,15,17,19,22H,5,7,9-12H2,1H3,(H,20,23)/t15-,17-/m1/s1. The van der Waals surface area contributed by atoms with Crippen LogP contribution in [0.25, 0.3) is 10.9 Å². The second-order valence-electron chi connectivity index (χ2n) is 6.47. The van der Waals surface area contributed by atoms with E-state index in [1.54, 1.807) is 0 Å². The molecule has 6 nitrogen and oxygen atoms in total. The monoisotopic (exact) mass is 331 g/mol. The lowest BCUT2D eigenvalue weighted by Gasteiger charge is -2.38. The first-order chi connectivity index (χ1) is 11.7. The quantitative estimate of drug-likeness (QED) is 0.741. The zero-order valence-electron chi connectivity index (χ0n) is 14.0. The van der Waals surface area contributed by atoms with E-state index in [-0.39, 0.29) is 31.1 Å². The molecule has 2 atom stereocenters.